The van der Waals surface area contributed by atoms with Crippen LogP contribution in [0.1, 0.15) is 45.0 Å². The molecule has 0 aliphatic carbocycles. The van der Waals surface area contributed by atoms with Crippen molar-refractivity contribution in [2.24, 2.45) is 5.10 Å². The molecule has 0 unspecified atom stereocenters. The van der Waals surface area contributed by atoms with Gasteiger partial charge in [0.1, 0.15) is 12.4 Å². The molecule has 1 aliphatic rings. The number of benzene rings is 3. The molecule has 1 aliphatic heterocycles. The van der Waals surface area contributed by atoms with E-state index in [0.717, 1.165) is 22.6 Å². The lowest BCUT2D eigenvalue weighted by atomic mass is 10.0. The van der Waals surface area contributed by atoms with Crippen molar-refractivity contribution in [3.8, 4) is 5.75 Å². The van der Waals surface area contributed by atoms with E-state index >= 15 is 0 Å². The van der Waals surface area contributed by atoms with Gasteiger partial charge in [-0.05, 0) is 56.7 Å². The molecule has 0 N–H and O–H groups in total. The average Bonchev–Trinajstić information content (AvgIpc) is 3.21. The van der Waals surface area contributed by atoms with Crippen molar-refractivity contribution in [1.29, 1.82) is 0 Å². The molecule has 170 valence electrons. The standard InChI is InChI=1S/C27H28ClN3O2/c1-19(32)25-29-31(22-10-6-5-7-11-22)26(30(25)27(2,3)4)23-12-8-9-13-24(23)33-18-20-14-16-21(28)17-15-20/h5-17,26H,18H2,1-4H3/t26-/m0/s1. The summed E-state index contributed by atoms with van der Waals surface area (Å²) >= 11 is 6.02. The second-order valence-electron chi connectivity index (χ2n) is 9.03. The van der Waals surface area contributed by atoms with Gasteiger partial charge in [-0.3, -0.25) is 4.79 Å². The summed E-state index contributed by atoms with van der Waals surface area (Å²) < 4.78 is 6.28. The number of hydrogen-bond acceptors (Lipinski definition) is 5. The van der Waals surface area contributed by atoms with Gasteiger partial charge in [0.2, 0.25) is 0 Å². The maximum absolute atomic E-state index is 12.6. The number of anilines is 1. The normalized spacial score (nSPS) is 16.0. The number of amidine groups is 1. The highest BCUT2D eigenvalue weighted by molar-refractivity contribution is 6.38. The summed E-state index contributed by atoms with van der Waals surface area (Å²) in [6, 6.07) is 25.5. The molecular weight excluding hydrogens is 434 g/mol. The lowest BCUT2D eigenvalue weighted by molar-refractivity contribution is -0.112. The third-order valence-corrected chi connectivity index (χ3v) is 5.72. The van der Waals surface area contributed by atoms with Gasteiger partial charge in [-0.2, -0.15) is 0 Å². The average molecular weight is 462 g/mol. The molecule has 0 radical (unpaired) electrons. The van der Waals surface area contributed by atoms with Crippen LogP contribution >= 0.6 is 11.6 Å². The highest BCUT2D eigenvalue weighted by Crippen LogP contribution is 2.43. The molecule has 0 spiro atoms. The molecule has 0 bridgehead atoms. The number of carbonyl (C=O) groups excluding carboxylic acids is 1. The molecule has 4 rings (SSSR count). The van der Waals surface area contributed by atoms with Crippen molar-refractivity contribution in [2.75, 3.05) is 5.01 Å². The molecule has 0 saturated heterocycles. The predicted octanol–water partition coefficient (Wildman–Crippen LogP) is 6.44. The summed E-state index contributed by atoms with van der Waals surface area (Å²) in [6.07, 6.45) is -0.340. The third-order valence-electron chi connectivity index (χ3n) is 5.47. The van der Waals surface area contributed by atoms with Gasteiger partial charge >= 0.3 is 0 Å². The lowest BCUT2D eigenvalue weighted by Gasteiger charge is -2.41. The lowest BCUT2D eigenvalue weighted by Crippen LogP contribution is -2.49. The summed E-state index contributed by atoms with van der Waals surface area (Å²) in [5, 5.41) is 7.39. The van der Waals surface area contributed by atoms with Crippen molar-refractivity contribution in [2.45, 2.75) is 46.0 Å². The minimum atomic E-state index is -0.359. The number of rotatable bonds is 6. The smallest absolute Gasteiger partial charge is 0.196 e. The zero-order valence-corrected chi connectivity index (χ0v) is 20.1. The summed E-state index contributed by atoms with van der Waals surface area (Å²) in [7, 11) is 0. The number of ketones is 1. The van der Waals surface area contributed by atoms with E-state index in [-0.39, 0.29) is 17.5 Å². The number of nitrogens with zero attached hydrogens (tertiary/aromatic N) is 3. The van der Waals surface area contributed by atoms with E-state index in [9.17, 15) is 4.79 Å². The molecule has 0 amide bonds. The Morgan fingerprint density at radius 1 is 0.970 bits per heavy atom. The van der Waals surface area contributed by atoms with Crippen LogP contribution in [0.3, 0.4) is 0 Å². The first-order valence-electron chi connectivity index (χ1n) is 10.9. The van der Waals surface area contributed by atoms with E-state index in [0.29, 0.717) is 17.5 Å². The van der Waals surface area contributed by atoms with E-state index in [4.69, 9.17) is 21.4 Å². The molecule has 3 aromatic rings. The second-order valence-corrected chi connectivity index (χ2v) is 9.46. The van der Waals surface area contributed by atoms with Gasteiger partial charge in [0, 0.05) is 23.0 Å². The number of halogens is 1. The van der Waals surface area contributed by atoms with Crippen LogP contribution in [0.25, 0.3) is 0 Å². The van der Waals surface area contributed by atoms with Crippen molar-refractivity contribution in [3.05, 3.63) is 95.0 Å². The van der Waals surface area contributed by atoms with Crippen LogP contribution in [0, 0.1) is 0 Å². The van der Waals surface area contributed by atoms with Gasteiger partial charge in [-0.1, -0.05) is 60.1 Å². The van der Waals surface area contributed by atoms with Crippen LogP contribution in [0.15, 0.2) is 84.0 Å². The topological polar surface area (TPSA) is 45.1 Å². The number of hydrogen-bond donors (Lipinski definition) is 0. The maximum atomic E-state index is 12.6. The summed E-state index contributed by atoms with van der Waals surface area (Å²) in [5.74, 6) is 1.10. The minimum Gasteiger partial charge on any atom is -0.488 e. The van der Waals surface area contributed by atoms with Gasteiger partial charge < -0.3 is 9.64 Å². The van der Waals surface area contributed by atoms with Crippen LogP contribution in [0.4, 0.5) is 5.69 Å². The zero-order chi connectivity index (χ0) is 23.6. The van der Waals surface area contributed by atoms with E-state index < -0.39 is 0 Å². The summed E-state index contributed by atoms with van der Waals surface area (Å²) in [6.45, 7) is 8.23. The molecule has 3 aromatic carbocycles. The fraction of sp³-hybridized carbons (Fsp3) is 0.259. The van der Waals surface area contributed by atoms with E-state index in [2.05, 4.69) is 25.7 Å². The SMILES string of the molecule is CC(=O)C1=NN(c2ccccc2)[C@@H](c2ccccc2OCc2ccc(Cl)cc2)N1C(C)(C)C. The number of hydrazone groups is 1. The van der Waals surface area contributed by atoms with Gasteiger partial charge in [0.25, 0.3) is 0 Å². The monoisotopic (exact) mass is 461 g/mol. The fourth-order valence-electron chi connectivity index (χ4n) is 3.97. The molecule has 5 nitrogen and oxygen atoms in total. The molecular formula is C27H28ClN3O2. The quantitative estimate of drug-likeness (QED) is 0.423. The van der Waals surface area contributed by atoms with Gasteiger partial charge in [0.15, 0.2) is 17.8 Å². The summed E-state index contributed by atoms with van der Waals surface area (Å²) in [4.78, 5) is 14.7. The second kappa shape index (κ2) is 9.28. The molecule has 1 heterocycles. The number of ether oxygens (including phenoxy) is 1. The van der Waals surface area contributed by atoms with E-state index in [1.165, 1.54) is 0 Å². The minimum absolute atomic E-state index is 0.0760. The Balaban J connectivity index is 1.77. The highest BCUT2D eigenvalue weighted by Gasteiger charge is 2.44. The Bertz CT molecular complexity index is 1150. The molecule has 0 fully saturated rings. The molecule has 0 saturated carbocycles. The largest absolute Gasteiger partial charge is 0.488 e. The Labute approximate surface area is 200 Å². The van der Waals surface area contributed by atoms with Crippen molar-refractivity contribution in [1.82, 2.24) is 4.90 Å². The van der Waals surface area contributed by atoms with Crippen LogP contribution in [-0.4, -0.2) is 22.1 Å². The molecule has 33 heavy (non-hydrogen) atoms. The third kappa shape index (κ3) is 4.88. The Morgan fingerprint density at radius 2 is 1.61 bits per heavy atom. The van der Waals surface area contributed by atoms with Gasteiger partial charge in [0.05, 0.1) is 5.69 Å². The van der Waals surface area contributed by atoms with Crippen LogP contribution in [0.2, 0.25) is 5.02 Å². The zero-order valence-electron chi connectivity index (χ0n) is 19.3. The Morgan fingerprint density at radius 3 is 2.24 bits per heavy atom. The van der Waals surface area contributed by atoms with Crippen molar-refractivity contribution < 1.29 is 9.53 Å². The Kier molecular flexibility index (Phi) is 6.43. The first kappa shape index (κ1) is 22.9. The van der Waals surface area contributed by atoms with Gasteiger partial charge in [-0.15, -0.1) is 5.10 Å². The number of Topliss-reactive ketones (excluding diaryl/α,β-unsaturated/α-hetero) is 1. The highest BCUT2D eigenvalue weighted by atomic mass is 35.5. The van der Waals surface area contributed by atoms with E-state index in [1.54, 1.807) is 6.92 Å². The maximum Gasteiger partial charge on any atom is 0.196 e. The predicted molar refractivity (Wildman–Crippen MR) is 134 cm³/mol. The molecule has 6 heteroatoms. The van der Waals surface area contributed by atoms with Gasteiger partial charge in [-0.25, -0.2) is 5.01 Å². The number of para-hydroxylation sites is 2. The Hall–Kier alpha value is -3.31. The first-order chi connectivity index (χ1) is 15.8. The fourth-order valence-corrected chi connectivity index (χ4v) is 4.10. The van der Waals surface area contributed by atoms with Crippen molar-refractivity contribution in [3.63, 3.8) is 0 Å². The van der Waals surface area contributed by atoms with Crippen molar-refractivity contribution >= 4 is 28.9 Å². The van der Waals surface area contributed by atoms with Crippen LogP contribution in [0.5, 0.6) is 5.75 Å². The van der Waals surface area contributed by atoms with Crippen LogP contribution < -0.4 is 9.75 Å². The first-order valence-corrected chi connectivity index (χ1v) is 11.3. The van der Waals surface area contributed by atoms with Crippen LogP contribution in [-0.2, 0) is 11.4 Å². The molecule has 1 atom stereocenters. The molecule has 0 aromatic heterocycles. The van der Waals surface area contributed by atoms with E-state index in [1.807, 2.05) is 83.9 Å². The number of carbonyl (C=O) groups is 1. The summed E-state index contributed by atoms with van der Waals surface area (Å²) in [5.41, 5.74) is 2.50.